The minimum Gasteiger partial charge on any atom is -0.435 e. The molecule has 4 aromatic rings. The van der Waals surface area contributed by atoms with Gasteiger partial charge < -0.3 is 4.42 Å². The van der Waals surface area contributed by atoms with Crippen LogP contribution in [0, 0.1) is 0 Å². The lowest BCUT2D eigenvalue weighted by Crippen LogP contribution is -1.80. The van der Waals surface area contributed by atoms with E-state index in [-0.39, 0.29) is 0 Å². The molecule has 2 nitrogen and oxygen atoms in total. The fraction of sp³-hybridized carbons (Fsp3) is 0. The van der Waals surface area contributed by atoms with E-state index in [1.807, 2.05) is 48.5 Å². The van der Waals surface area contributed by atoms with Crippen molar-refractivity contribution >= 4 is 54.6 Å². The largest absolute Gasteiger partial charge is 0.435 e. The molecular weight excluding hydrogens is 453 g/mol. The number of hydrogen-bond donors (Lipinski definition) is 0. The molecule has 24 heavy (non-hydrogen) atoms. The Labute approximate surface area is 160 Å². The highest BCUT2D eigenvalue weighted by atomic mass is 79.9. The summed E-state index contributed by atoms with van der Waals surface area (Å²) >= 11 is 13.3. The van der Waals surface area contributed by atoms with Crippen molar-refractivity contribution in [3.05, 3.63) is 74.6 Å². The van der Waals surface area contributed by atoms with Gasteiger partial charge in [-0.3, -0.25) is 0 Å². The highest BCUT2D eigenvalue weighted by Gasteiger charge is 2.15. The zero-order valence-corrected chi connectivity index (χ0v) is 16.2. The molecular formula is C19H10Br2ClNO. The van der Waals surface area contributed by atoms with Gasteiger partial charge in [0.25, 0.3) is 0 Å². The van der Waals surface area contributed by atoms with Crippen LogP contribution in [-0.2, 0) is 0 Å². The fourth-order valence-electron chi connectivity index (χ4n) is 2.57. The van der Waals surface area contributed by atoms with Crippen LogP contribution >= 0.6 is 43.5 Å². The summed E-state index contributed by atoms with van der Waals surface area (Å²) in [5.41, 5.74) is 4.48. The van der Waals surface area contributed by atoms with Crippen LogP contribution in [0.5, 0.6) is 0 Å². The molecule has 0 atom stereocenters. The minimum atomic E-state index is 0.508. The van der Waals surface area contributed by atoms with Crippen molar-refractivity contribution in [3.63, 3.8) is 0 Å². The molecule has 1 heterocycles. The summed E-state index contributed by atoms with van der Waals surface area (Å²) < 4.78 is 7.72. The summed E-state index contributed by atoms with van der Waals surface area (Å²) in [5, 5.41) is 0.593. The van der Waals surface area contributed by atoms with Crippen LogP contribution in [0.3, 0.4) is 0 Å². The lowest BCUT2D eigenvalue weighted by atomic mass is 10.1. The Morgan fingerprint density at radius 2 is 1.67 bits per heavy atom. The van der Waals surface area contributed by atoms with E-state index in [1.54, 1.807) is 0 Å². The molecule has 3 aromatic carbocycles. The van der Waals surface area contributed by atoms with Crippen LogP contribution in [0.25, 0.3) is 33.7 Å². The zero-order valence-electron chi connectivity index (χ0n) is 12.3. The number of aromatic nitrogens is 1. The van der Waals surface area contributed by atoms with Gasteiger partial charge in [-0.05, 0) is 57.4 Å². The van der Waals surface area contributed by atoms with E-state index in [2.05, 4.69) is 49.0 Å². The second kappa shape index (κ2) is 6.36. The Morgan fingerprint density at radius 3 is 2.42 bits per heavy atom. The third kappa shape index (κ3) is 2.90. The molecule has 0 fully saturated rings. The fourth-order valence-corrected chi connectivity index (χ4v) is 3.85. The molecule has 118 valence electrons. The van der Waals surface area contributed by atoms with Gasteiger partial charge in [0, 0.05) is 4.47 Å². The van der Waals surface area contributed by atoms with Crippen LogP contribution in [-0.4, -0.2) is 4.98 Å². The van der Waals surface area contributed by atoms with E-state index < -0.39 is 0 Å². The van der Waals surface area contributed by atoms with Gasteiger partial charge in [-0.25, -0.2) is 4.98 Å². The number of oxazole rings is 1. The van der Waals surface area contributed by atoms with Gasteiger partial charge in [-0.2, -0.15) is 0 Å². The van der Waals surface area contributed by atoms with Crippen molar-refractivity contribution < 1.29 is 4.42 Å². The zero-order chi connectivity index (χ0) is 16.7. The quantitative estimate of drug-likeness (QED) is 0.311. The van der Waals surface area contributed by atoms with Crippen molar-refractivity contribution in [2.24, 2.45) is 0 Å². The molecule has 0 aliphatic heterocycles. The van der Waals surface area contributed by atoms with Crippen molar-refractivity contribution in [1.82, 2.24) is 4.98 Å². The number of rotatable bonds is 2. The second-order valence-corrected chi connectivity index (χ2v) is 7.49. The molecule has 0 N–H and O–H groups in total. The average Bonchev–Trinajstić information content (AvgIpc) is 3.00. The lowest BCUT2D eigenvalue weighted by molar-refractivity contribution is 0.618. The van der Waals surface area contributed by atoms with E-state index in [0.29, 0.717) is 16.5 Å². The first-order valence-electron chi connectivity index (χ1n) is 7.23. The van der Waals surface area contributed by atoms with E-state index in [4.69, 9.17) is 16.0 Å². The number of benzene rings is 3. The first-order chi connectivity index (χ1) is 11.6. The standard InChI is InChI=1S/C19H10Br2ClNO/c20-13-6-7-14(16(22)10-13)19-23-17-9-12(8-15(21)18(17)24-19)11-4-2-1-3-5-11/h1-10H. The van der Waals surface area contributed by atoms with Gasteiger partial charge >= 0.3 is 0 Å². The Morgan fingerprint density at radius 1 is 0.875 bits per heavy atom. The van der Waals surface area contributed by atoms with Gasteiger partial charge in [0.05, 0.1) is 15.1 Å². The predicted molar refractivity (Wildman–Crippen MR) is 105 cm³/mol. The van der Waals surface area contributed by atoms with Crippen LogP contribution < -0.4 is 0 Å². The molecule has 5 heteroatoms. The monoisotopic (exact) mass is 461 g/mol. The number of hydrogen-bond acceptors (Lipinski definition) is 2. The number of halogens is 3. The Hall–Kier alpha value is -1.62. The third-order valence-corrected chi connectivity index (χ3v) is 5.11. The number of nitrogens with zero attached hydrogens (tertiary/aromatic N) is 1. The maximum absolute atomic E-state index is 6.32. The summed E-state index contributed by atoms with van der Waals surface area (Å²) in [6, 6.07) is 19.9. The van der Waals surface area contributed by atoms with E-state index >= 15 is 0 Å². The van der Waals surface area contributed by atoms with Crippen LogP contribution in [0.15, 0.2) is 74.0 Å². The molecule has 0 saturated heterocycles. The highest BCUT2D eigenvalue weighted by molar-refractivity contribution is 9.11. The molecule has 0 amide bonds. The lowest BCUT2D eigenvalue weighted by Gasteiger charge is -2.02. The summed E-state index contributed by atoms with van der Waals surface area (Å²) in [6.07, 6.45) is 0. The maximum atomic E-state index is 6.32. The molecule has 0 unspecified atom stereocenters. The van der Waals surface area contributed by atoms with E-state index in [1.165, 1.54) is 0 Å². The van der Waals surface area contributed by atoms with E-state index in [9.17, 15) is 0 Å². The van der Waals surface area contributed by atoms with Crippen molar-refractivity contribution in [2.75, 3.05) is 0 Å². The summed E-state index contributed by atoms with van der Waals surface area (Å²) in [4.78, 5) is 4.62. The Bertz CT molecular complexity index is 1040. The van der Waals surface area contributed by atoms with Crippen molar-refractivity contribution in [2.45, 2.75) is 0 Å². The molecule has 0 aliphatic rings. The Kier molecular flexibility index (Phi) is 4.21. The molecule has 4 rings (SSSR count). The van der Waals surface area contributed by atoms with Gasteiger partial charge in [0.15, 0.2) is 5.58 Å². The van der Waals surface area contributed by atoms with Crippen LogP contribution in [0.2, 0.25) is 5.02 Å². The first kappa shape index (κ1) is 15.9. The molecule has 0 aliphatic carbocycles. The van der Waals surface area contributed by atoms with Crippen molar-refractivity contribution in [3.8, 4) is 22.6 Å². The smallest absolute Gasteiger partial charge is 0.228 e. The van der Waals surface area contributed by atoms with Gasteiger partial charge in [0.2, 0.25) is 5.89 Å². The summed E-state index contributed by atoms with van der Waals surface area (Å²) in [5.74, 6) is 0.508. The van der Waals surface area contributed by atoms with Crippen molar-refractivity contribution in [1.29, 1.82) is 0 Å². The first-order valence-corrected chi connectivity index (χ1v) is 9.19. The average molecular weight is 464 g/mol. The van der Waals surface area contributed by atoms with Crippen LogP contribution in [0.1, 0.15) is 0 Å². The third-order valence-electron chi connectivity index (χ3n) is 3.71. The van der Waals surface area contributed by atoms with Gasteiger partial charge in [0.1, 0.15) is 5.52 Å². The molecule has 1 aromatic heterocycles. The molecule has 0 radical (unpaired) electrons. The van der Waals surface area contributed by atoms with Crippen LogP contribution in [0.4, 0.5) is 0 Å². The second-order valence-electron chi connectivity index (χ2n) is 5.32. The molecule has 0 saturated carbocycles. The van der Waals surface area contributed by atoms with E-state index in [0.717, 1.165) is 31.2 Å². The molecule has 0 bridgehead atoms. The SMILES string of the molecule is Clc1cc(Br)ccc1-c1nc2cc(-c3ccccc3)cc(Br)c2o1. The predicted octanol–water partition coefficient (Wildman–Crippen LogP) is 7.34. The Balaban J connectivity index is 1.88. The summed E-state index contributed by atoms with van der Waals surface area (Å²) in [6.45, 7) is 0. The molecule has 0 spiro atoms. The van der Waals surface area contributed by atoms with Gasteiger partial charge in [-0.15, -0.1) is 0 Å². The summed E-state index contributed by atoms with van der Waals surface area (Å²) in [7, 11) is 0. The number of fused-ring (bicyclic) bond motifs is 1. The maximum Gasteiger partial charge on any atom is 0.228 e. The highest BCUT2D eigenvalue weighted by Crippen LogP contribution is 2.36. The van der Waals surface area contributed by atoms with Gasteiger partial charge in [-0.1, -0.05) is 57.9 Å². The minimum absolute atomic E-state index is 0.508. The normalized spacial score (nSPS) is 11.1. The topological polar surface area (TPSA) is 26.0 Å².